The summed E-state index contributed by atoms with van der Waals surface area (Å²) in [7, 11) is 1.86. The maximum atomic E-state index is 9.78. The third-order valence-electron chi connectivity index (χ3n) is 3.74. The number of nitrogens with one attached hydrogen (secondary N) is 2. The summed E-state index contributed by atoms with van der Waals surface area (Å²) in [4.78, 5) is 4.57. The minimum atomic E-state index is 0.127. The number of halogens is 2. The molecule has 0 saturated heterocycles. The van der Waals surface area contributed by atoms with Gasteiger partial charge in [0.25, 0.3) is 0 Å². The first kappa shape index (κ1) is 20.3. The zero-order chi connectivity index (χ0) is 19.1. The number of phenols is 1. The van der Waals surface area contributed by atoms with Crippen LogP contribution in [0.3, 0.4) is 0 Å². The van der Waals surface area contributed by atoms with Gasteiger partial charge in [-0.3, -0.25) is 0 Å². The monoisotopic (exact) mass is 398 g/mol. The van der Waals surface area contributed by atoms with Gasteiger partial charge in [-0.25, -0.2) is 4.99 Å². The third-order valence-corrected chi connectivity index (χ3v) is 4.58. The highest BCUT2D eigenvalue weighted by Gasteiger charge is 2.09. The highest BCUT2D eigenvalue weighted by Crippen LogP contribution is 2.27. The molecule has 26 heavy (non-hydrogen) atoms. The summed E-state index contributed by atoms with van der Waals surface area (Å²) < 4.78 is 7.23. The number of aromatic hydroxyl groups is 1. The molecule has 2 aromatic rings. The van der Waals surface area contributed by atoms with Gasteiger partial charge in [-0.2, -0.15) is 0 Å². The average molecular weight is 399 g/mol. The number of aromatic nitrogens is 1. The van der Waals surface area contributed by atoms with Crippen LogP contribution < -0.4 is 15.4 Å². The van der Waals surface area contributed by atoms with E-state index in [-0.39, 0.29) is 5.75 Å². The normalized spacial score (nSPS) is 11.5. The molecule has 0 amide bonds. The summed E-state index contributed by atoms with van der Waals surface area (Å²) in [5.74, 6) is 1.26. The summed E-state index contributed by atoms with van der Waals surface area (Å²) in [6.45, 7) is 6.09. The quantitative estimate of drug-likeness (QED) is 0.491. The maximum absolute atomic E-state index is 9.78. The van der Waals surface area contributed by atoms with Gasteiger partial charge < -0.3 is 25.0 Å². The largest absolute Gasteiger partial charge is 0.504 e. The van der Waals surface area contributed by atoms with E-state index in [2.05, 4.69) is 15.6 Å². The summed E-state index contributed by atoms with van der Waals surface area (Å²) in [5.41, 5.74) is 1.89. The number of guanidine groups is 1. The summed E-state index contributed by atoms with van der Waals surface area (Å²) >= 11 is 12.1. The molecule has 2 rings (SSSR count). The Morgan fingerprint density at radius 2 is 2.00 bits per heavy atom. The average Bonchev–Trinajstić information content (AvgIpc) is 2.87. The molecule has 0 radical (unpaired) electrons. The standard InChI is InChI=1S/C18H24Cl2N4O2/c1-4-21-18(23-11-13-9-14(19)17(20)24(13)3)22-10-12-6-7-15(25)16(8-12)26-5-2/h6-9,25H,4-5,10-11H2,1-3H3,(H2,21,22,23). The Morgan fingerprint density at radius 3 is 2.62 bits per heavy atom. The predicted octanol–water partition coefficient (Wildman–Crippen LogP) is 3.69. The van der Waals surface area contributed by atoms with Crippen LogP contribution in [-0.4, -0.2) is 28.8 Å². The van der Waals surface area contributed by atoms with Gasteiger partial charge in [-0.05, 0) is 37.6 Å². The minimum Gasteiger partial charge on any atom is -0.504 e. The molecular formula is C18H24Cl2N4O2. The smallest absolute Gasteiger partial charge is 0.191 e. The molecule has 0 aliphatic heterocycles. The Morgan fingerprint density at radius 1 is 1.23 bits per heavy atom. The van der Waals surface area contributed by atoms with Crippen molar-refractivity contribution in [2.45, 2.75) is 26.9 Å². The van der Waals surface area contributed by atoms with E-state index in [1.165, 1.54) is 0 Å². The van der Waals surface area contributed by atoms with Crippen LogP contribution in [0.2, 0.25) is 10.2 Å². The van der Waals surface area contributed by atoms with Crippen LogP contribution in [0.5, 0.6) is 11.5 Å². The van der Waals surface area contributed by atoms with E-state index in [9.17, 15) is 5.11 Å². The first-order valence-electron chi connectivity index (χ1n) is 8.42. The highest BCUT2D eigenvalue weighted by atomic mass is 35.5. The van der Waals surface area contributed by atoms with Crippen molar-refractivity contribution < 1.29 is 9.84 Å². The lowest BCUT2D eigenvalue weighted by Crippen LogP contribution is -2.37. The summed E-state index contributed by atoms with van der Waals surface area (Å²) in [6.07, 6.45) is 0. The van der Waals surface area contributed by atoms with Crippen molar-refractivity contribution in [1.82, 2.24) is 15.2 Å². The molecule has 0 bridgehead atoms. The Kier molecular flexibility index (Phi) is 7.48. The van der Waals surface area contributed by atoms with E-state index >= 15 is 0 Å². The SMILES string of the molecule is CCNC(=NCc1ccc(O)c(OCC)c1)NCc1cc(Cl)c(Cl)n1C. The second kappa shape index (κ2) is 9.59. The molecule has 3 N–H and O–H groups in total. The van der Waals surface area contributed by atoms with Crippen LogP contribution in [0.4, 0.5) is 0 Å². The van der Waals surface area contributed by atoms with Gasteiger partial charge in [-0.1, -0.05) is 29.3 Å². The molecule has 0 aliphatic carbocycles. The predicted molar refractivity (Wildman–Crippen MR) is 106 cm³/mol. The Labute approximate surface area is 163 Å². The van der Waals surface area contributed by atoms with Crippen molar-refractivity contribution in [3.8, 4) is 11.5 Å². The van der Waals surface area contributed by atoms with Gasteiger partial charge in [0.05, 0.1) is 24.7 Å². The topological polar surface area (TPSA) is 70.8 Å². The molecule has 8 heteroatoms. The Balaban J connectivity index is 2.06. The molecule has 1 aromatic heterocycles. The molecule has 0 fully saturated rings. The fourth-order valence-electron chi connectivity index (χ4n) is 2.37. The lowest BCUT2D eigenvalue weighted by Gasteiger charge is -2.12. The number of ether oxygens (including phenoxy) is 1. The second-order valence-electron chi connectivity index (χ2n) is 5.62. The van der Waals surface area contributed by atoms with Gasteiger partial charge in [0.2, 0.25) is 0 Å². The molecule has 0 unspecified atom stereocenters. The number of nitrogens with zero attached hydrogens (tertiary/aromatic N) is 2. The first-order chi connectivity index (χ1) is 12.5. The minimum absolute atomic E-state index is 0.127. The van der Waals surface area contributed by atoms with Gasteiger partial charge in [0.1, 0.15) is 5.15 Å². The lowest BCUT2D eigenvalue weighted by atomic mass is 10.2. The van der Waals surface area contributed by atoms with Crippen LogP contribution in [0.15, 0.2) is 29.3 Å². The maximum Gasteiger partial charge on any atom is 0.191 e. The van der Waals surface area contributed by atoms with Crippen LogP contribution in [0.1, 0.15) is 25.1 Å². The van der Waals surface area contributed by atoms with Crippen molar-refractivity contribution in [2.24, 2.45) is 12.0 Å². The van der Waals surface area contributed by atoms with Gasteiger partial charge in [-0.15, -0.1) is 0 Å². The molecule has 0 saturated carbocycles. The Hall–Kier alpha value is -2.05. The van der Waals surface area contributed by atoms with Crippen molar-refractivity contribution in [3.63, 3.8) is 0 Å². The fourth-order valence-corrected chi connectivity index (χ4v) is 2.79. The molecule has 0 spiro atoms. The number of benzene rings is 1. The van der Waals surface area contributed by atoms with Gasteiger partial charge >= 0.3 is 0 Å². The van der Waals surface area contributed by atoms with Crippen LogP contribution in [-0.2, 0) is 20.1 Å². The lowest BCUT2D eigenvalue weighted by molar-refractivity contribution is 0.318. The molecule has 6 nitrogen and oxygen atoms in total. The number of rotatable bonds is 7. The molecule has 1 aromatic carbocycles. The molecule has 0 atom stereocenters. The number of hydrogen-bond acceptors (Lipinski definition) is 3. The zero-order valence-corrected chi connectivity index (χ0v) is 16.7. The molecular weight excluding hydrogens is 375 g/mol. The van der Waals surface area contributed by atoms with E-state index in [0.29, 0.717) is 41.6 Å². The highest BCUT2D eigenvalue weighted by molar-refractivity contribution is 6.41. The van der Waals surface area contributed by atoms with E-state index in [0.717, 1.165) is 17.8 Å². The fraction of sp³-hybridized carbons (Fsp3) is 0.389. The summed E-state index contributed by atoms with van der Waals surface area (Å²) in [5, 5.41) is 17.3. The second-order valence-corrected chi connectivity index (χ2v) is 6.38. The van der Waals surface area contributed by atoms with Crippen molar-refractivity contribution in [2.75, 3.05) is 13.2 Å². The molecule has 1 heterocycles. The van der Waals surface area contributed by atoms with Gasteiger partial charge in [0, 0.05) is 19.3 Å². The number of hydrogen-bond donors (Lipinski definition) is 3. The zero-order valence-electron chi connectivity index (χ0n) is 15.1. The number of phenolic OH excluding ortho intramolecular Hbond substituents is 1. The van der Waals surface area contributed by atoms with Crippen molar-refractivity contribution in [1.29, 1.82) is 0 Å². The van der Waals surface area contributed by atoms with Crippen LogP contribution in [0.25, 0.3) is 0 Å². The van der Waals surface area contributed by atoms with Crippen LogP contribution >= 0.6 is 23.2 Å². The third kappa shape index (κ3) is 5.22. The number of aliphatic imine (C=N–C) groups is 1. The van der Waals surface area contributed by atoms with E-state index < -0.39 is 0 Å². The van der Waals surface area contributed by atoms with Crippen LogP contribution in [0, 0.1) is 0 Å². The van der Waals surface area contributed by atoms with Crippen molar-refractivity contribution in [3.05, 3.63) is 45.7 Å². The van der Waals surface area contributed by atoms with Gasteiger partial charge in [0.15, 0.2) is 17.5 Å². The van der Waals surface area contributed by atoms with Crippen molar-refractivity contribution >= 4 is 29.2 Å². The summed E-state index contributed by atoms with van der Waals surface area (Å²) in [6, 6.07) is 7.06. The van der Waals surface area contributed by atoms with E-state index in [1.807, 2.05) is 37.6 Å². The Bertz CT molecular complexity index is 775. The molecule has 0 aliphatic rings. The van der Waals surface area contributed by atoms with E-state index in [1.54, 1.807) is 12.1 Å². The molecule has 142 valence electrons. The first-order valence-corrected chi connectivity index (χ1v) is 9.18. The van der Waals surface area contributed by atoms with E-state index in [4.69, 9.17) is 27.9 Å².